The van der Waals surface area contributed by atoms with Crippen molar-refractivity contribution in [1.82, 2.24) is 15.2 Å². The first kappa shape index (κ1) is 9.51. The Morgan fingerprint density at radius 1 is 1.71 bits per heavy atom. The van der Waals surface area contributed by atoms with Gasteiger partial charge >= 0.3 is 5.97 Å². The second-order valence-electron chi connectivity index (χ2n) is 3.38. The van der Waals surface area contributed by atoms with Crippen LogP contribution in [0, 0.1) is 0 Å². The van der Waals surface area contributed by atoms with Crippen LogP contribution in [0.5, 0.6) is 0 Å². The number of nitrogens with one attached hydrogen (secondary N) is 1. The van der Waals surface area contributed by atoms with E-state index in [1.54, 1.807) is 6.92 Å². The number of carboxylic acids is 1. The Hall–Kier alpha value is -1.04. The number of nitrogens with zero attached hydrogens (tertiary/aromatic N) is 2. The Morgan fingerprint density at radius 2 is 2.43 bits per heavy atom. The highest BCUT2D eigenvalue weighted by atomic mass is 32.2. The van der Waals surface area contributed by atoms with Crippen molar-refractivity contribution in [3.63, 3.8) is 0 Å². The minimum Gasteiger partial charge on any atom is -0.480 e. The number of hydrogen-bond donors (Lipinski definition) is 2. The number of aromatic nitrogens is 3. The first-order valence-corrected chi connectivity index (χ1v) is 5.36. The van der Waals surface area contributed by atoms with Gasteiger partial charge < -0.3 is 5.11 Å². The molecule has 1 atom stereocenters. The van der Waals surface area contributed by atoms with Crippen LogP contribution in [-0.2, 0) is 4.79 Å². The van der Waals surface area contributed by atoms with Gasteiger partial charge in [-0.05, 0) is 19.8 Å². The zero-order valence-corrected chi connectivity index (χ0v) is 8.54. The highest BCUT2D eigenvalue weighted by Crippen LogP contribution is 2.38. The quantitative estimate of drug-likeness (QED) is 0.736. The van der Waals surface area contributed by atoms with Gasteiger partial charge in [-0.25, -0.2) is 4.98 Å². The molecule has 1 aromatic heterocycles. The van der Waals surface area contributed by atoms with E-state index in [0.29, 0.717) is 11.1 Å². The van der Waals surface area contributed by atoms with Gasteiger partial charge in [0, 0.05) is 5.92 Å². The largest absolute Gasteiger partial charge is 0.480 e. The second-order valence-corrected chi connectivity index (χ2v) is 4.68. The van der Waals surface area contributed by atoms with Gasteiger partial charge in [0.2, 0.25) is 5.16 Å². The van der Waals surface area contributed by atoms with Crippen LogP contribution in [0.1, 0.15) is 31.5 Å². The Balaban J connectivity index is 1.98. The number of hydrogen-bond acceptors (Lipinski definition) is 4. The van der Waals surface area contributed by atoms with Crippen molar-refractivity contribution in [1.29, 1.82) is 0 Å². The molecular weight excluding hydrogens is 202 g/mol. The van der Waals surface area contributed by atoms with Crippen LogP contribution < -0.4 is 0 Å². The molecule has 1 unspecified atom stereocenters. The summed E-state index contributed by atoms with van der Waals surface area (Å²) in [6.45, 7) is 1.63. The normalized spacial score (nSPS) is 18.1. The van der Waals surface area contributed by atoms with E-state index in [9.17, 15) is 4.79 Å². The Labute approximate surface area is 85.3 Å². The van der Waals surface area contributed by atoms with E-state index in [-0.39, 0.29) is 0 Å². The molecule has 0 saturated heterocycles. The Bertz CT molecular complexity index is 348. The van der Waals surface area contributed by atoms with Crippen molar-refractivity contribution in [3.8, 4) is 0 Å². The fourth-order valence-electron chi connectivity index (χ4n) is 1.06. The molecule has 1 saturated carbocycles. The van der Waals surface area contributed by atoms with E-state index in [4.69, 9.17) is 5.11 Å². The van der Waals surface area contributed by atoms with Crippen molar-refractivity contribution >= 4 is 17.7 Å². The fraction of sp³-hybridized carbons (Fsp3) is 0.625. The summed E-state index contributed by atoms with van der Waals surface area (Å²) in [4.78, 5) is 14.8. The molecule has 1 heterocycles. The maximum Gasteiger partial charge on any atom is 0.316 e. The summed E-state index contributed by atoms with van der Waals surface area (Å²) in [6.07, 6.45) is 2.32. The number of H-pyrrole nitrogens is 1. The van der Waals surface area contributed by atoms with Gasteiger partial charge in [0.25, 0.3) is 0 Å². The van der Waals surface area contributed by atoms with Crippen LogP contribution in [0.15, 0.2) is 5.16 Å². The van der Waals surface area contributed by atoms with E-state index in [2.05, 4.69) is 15.2 Å². The zero-order chi connectivity index (χ0) is 10.1. The molecule has 1 fully saturated rings. The summed E-state index contributed by atoms with van der Waals surface area (Å²) >= 11 is 1.16. The third kappa shape index (κ3) is 2.06. The molecule has 1 aromatic rings. The monoisotopic (exact) mass is 213 g/mol. The van der Waals surface area contributed by atoms with Gasteiger partial charge in [0.15, 0.2) is 0 Å². The van der Waals surface area contributed by atoms with Gasteiger partial charge in [-0.2, -0.15) is 0 Å². The summed E-state index contributed by atoms with van der Waals surface area (Å²) in [5.74, 6) is 0.579. The lowest BCUT2D eigenvalue weighted by Gasteiger charge is -1.99. The van der Waals surface area contributed by atoms with E-state index in [1.165, 1.54) is 0 Å². The van der Waals surface area contributed by atoms with Crippen molar-refractivity contribution in [2.45, 2.75) is 36.1 Å². The molecule has 6 heteroatoms. The molecule has 2 rings (SSSR count). The van der Waals surface area contributed by atoms with Crippen LogP contribution in [-0.4, -0.2) is 31.5 Å². The van der Waals surface area contributed by atoms with Crippen LogP contribution >= 0.6 is 11.8 Å². The molecule has 0 aliphatic heterocycles. The molecular formula is C8H11N3O2S. The number of aliphatic carboxylic acids is 1. The van der Waals surface area contributed by atoms with Crippen molar-refractivity contribution in [3.05, 3.63) is 5.82 Å². The number of carboxylic acid groups (broad SMARTS) is 1. The zero-order valence-electron chi connectivity index (χ0n) is 7.73. The summed E-state index contributed by atoms with van der Waals surface area (Å²) in [6, 6.07) is 0. The van der Waals surface area contributed by atoms with Crippen molar-refractivity contribution in [2.24, 2.45) is 0 Å². The van der Waals surface area contributed by atoms with Gasteiger partial charge in [0.05, 0.1) is 0 Å². The predicted octanol–water partition coefficient (Wildman–Crippen LogP) is 1.25. The molecule has 0 amide bonds. The van der Waals surface area contributed by atoms with E-state index >= 15 is 0 Å². The van der Waals surface area contributed by atoms with E-state index in [1.807, 2.05) is 0 Å². The molecule has 1 aliphatic carbocycles. The third-order valence-electron chi connectivity index (χ3n) is 2.08. The molecule has 2 N–H and O–H groups in total. The van der Waals surface area contributed by atoms with Crippen LogP contribution in [0.3, 0.4) is 0 Å². The second kappa shape index (κ2) is 3.61. The lowest BCUT2D eigenvalue weighted by Crippen LogP contribution is -2.11. The average molecular weight is 213 g/mol. The van der Waals surface area contributed by atoms with Crippen LogP contribution in [0.25, 0.3) is 0 Å². The van der Waals surface area contributed by atoms with Crippen molar-refractivity contribution in [2.75, 3.05) is 0 Å². The standard InChI is InChI=1S/C8H11N3O2S/c1-4(7(12)13)14-8-9-6(10-11-8)5-2-3-5/h4-5H,2-3H2,1H3,(H,12,13)(H,9,10,11). The Morgan fingerprint density at radius 3 is 3.00 bits per heavy atom. The average Bonchev–Trinajstić information content (AvgIpc) is 2.88. The highest BCUT2D eigenvalue weighted by molar-refractivity contribution is 8.00. The Kier molecular flexibility index (Phi) is 2.45. The number of rotatable bonds is 4. The molecule has 1 aliphatic rings. The molecule has 76 valence electrons. The smallest absolute Gasteiger partial charge is 0.316 e. The van der Waals surface area contributed by atoms with E-state index in [0.717, 1.165) is 30.4 Å². The lowest BCUT2D eigenvalue weighted by atomic mass is 10.4. The fourth-order valence-corrected chi connectivity index (χ4v) is 1.73. The van der Waals surface area contributed by atoms with Crippen LogP contribution in [0.4, 0.5) is 0 Å². The summed E-state index contributed by atoms with van der Waals surface area (Å²) in [7, 11) is 0. The maximum absolute atomic E-state index is 10.6. The highest BCUT2D eigenvalue weighted by Gasteiger charge is 2.27. The lowest BCUT2D eigenvalue weighted by molar-refractivity contribution is -0.136. The first-order valence-electron chi connectivity index (χ1n) is 4.48. The molecule has 0 radical (unpaired) electrons. The van der Waals surface area contributed by atoms with Gasteiger partial charge in [-0.15, -0.1) is 5.10 Å². The minimum atomic E-state index is -0.840. The summed E-state index contributed by atoms with van der Waals surface area (Å²) < 4.78 is 0. The van der Waals surface area contributed by atoms with Gasteiger partial charge in [-0.3, -0.25) is 9.89 Å². The van der Waals surface area contributed by atoms with Gasteiger partial charge in [-0.1, -0.05) is 11.8 Å². The number of thioether (sulfide) groups is 1. The first-order chi connectivity index (χ1) is 6.66. The molecule has 0 aromatic carbocycles. The topological polar surface area (TPSA) is 78.9 Å². The maximum atomic E-state index is 10.6. The molecule has 0 bridgehead atoms. The minimum absolute atomic E-state index is 0.502. The summed E-state index contributed by atoms with van der Waals surface area (Å²) in [5.41, 5.74) is 0. The van der Waals surface area contributed by atoms with Gasteiger partial charge in [0.1, 0.15) is 11.1 Å². The third-order valence-corrected chi connectivity index (χ3v) is 3.02. The van der Waals surface area contributed by atoms with Crippen molar-refractivity contribution < 1.29 is 9.90 Å². The number of aromatic amines is 1. The van der Waals surface area contributed by atoms with Crippen LogP contribution in [0.2, 0.25) is 0 Å². The summed E-state index contributed by atoms with van der Waals surface area (Å²) in [5, 5.41) is 15.5. The van der Waals surface area contributed by atoms with E-state index < -0.39 is 11.2 Å². The number of carbonyl (C=O) groups is 1. The molecule has 14 heavy (non-hydrogen) atoms. The SMILES string of the molecule is CC(Sc1n[nH]c(C2CC2)n1)C(=O)O. The molecule has 0 spiro atoms. The molecule has 5 nitrogen and oxygen atoms in total. The predicted molar refractivity (Wildman–Crippen MR) is 51.3 cm³/mol.